The number of nitrogens with two attached hydrogens (primary N) is 1. The van der Waals surface area contributed by atoms with Gasteiger partial charge in [-0.25, -0.2) is 0 Å². The summed E-state index contributed by atoms with van der Waals surface area (Å²) < 4.78 is 0. The predicted octanol–water partition coefficient (Wildman–Crippen LogP) is 6.13. The lowest BCUT2D eigenvalue weighted by molar-refractivity contribution is 0.469. The highest BCUT2D eigenvalue weighted by atomic mass is 79.9. The maximum Gasteiger partial charge on any atom is 0.00596 e. The van der Waals surface area contributed by atoms with E-state index >= 15 is 0 Å². The van der Waals surface area contributed by atoms with Crippen LogP contribution < -0.4 is 5.73 Å². The van der Waals surface area contributed by atoms with E-state index in [9.17, 15) is 0 Å². The van der Waals surface area contributed by atoms with Crippen molar-refractivity contribution in [1.29, 1.82) is 0 Å². The van der Waals surface area contributed by atoms with Gasteiger partial charge >= 0.3 is 0 Å². The van der Waals surface area contributed by atoms with Gasteiger partial charge in [0.1, 0.15) is 0 Å². The Labute approximate surface area is 125 Å². The van der Waals surface area contributed by atoms with Gasteiger partial charge in [0.25, 0.3) is 0 Å². The zero-order chi connectivity index (χ0) is 15.2. The van der Waals surface area contributed by atoms with Crippen molar-refractivity contribution in [2.45, 2.75) is 74.1 Å². The molecule has 0 saturated heterocycles. The topological polar surface area (TPSA) is 26.0 Å². The standard InChI is InChI=1S/C8H17Br.C5H12.C3H7N/c1-3-5-8(7-9)6-4-2;1-5(2,3)4;1-3(2)4/h8H,3-7H2,1-2H3;1-4H3;1,4H2,2H3. The van der Waals surface area contributed by atoms with Crippen LogP contribution >= 0.6 is 15.9 Å². The molecular formula is C16H36BrN. The predicted molar refractivity (Wildman–Crippen MR) is 91.2 cm³/mol. The molecule has 0 aromatic carbocycles. The Kier molecular flexibility index (Phi) is 19.4. The van der Waals surface area contributed by atoms with Crippen molar-refractivity contribution in [1.82, 2.24) is 0 Å². The van der Waals surface area contributed by atoms with Crippen LogP contribution in [0.5, 0.6) is 0 Å². The van der Waals surface area contributed by atoms with E-state index in [2.05, 4.69) is 64.1 Å². The molecule has 18 heavy (non-hydrogen) atoms. The van der Waals surface area contributed by atoms with Crippen LogP contribution in [0.3, 0.4) is 0 Å². The summed E-state index contributed by atoms with van der Waals surface area (Å²) in [7, 11) is 0. The molecule has 0 aromatic heterocycles. The van der Waals surface area contributed by atoms with Crippen molar-refractivity contribution in [3.05, 3.63) is 12.3 Å². The first-order valence-electron chi connectivity index (χ1n) is 7.05. The van der Waals surface area contributed by atoms with Gasteiger partial charge in [0.15, 0.2) is 0 Å². The van der Waals surface area contributed by atoms with E-state index in [0.29, 0.717) is 11.1 Å². The van der Waals surface area contributed by atoms with Crippen molar-refractivity contribution in [3.8, 4) is 0 Å². The molecule has 0 amide bonds. The molecule has 0 aliphatic carbocycles. The quantitative estimate of drug-likeness (QED) is 0.605. The Morgan fingerprint density at radius 1 is 1.11 bits per heavy atom. The van der Waals surface area contributed by atoms with Gasteiger partial charge in [-0.15, -0.1) is 0 Å². The van der Waals surface area contributed by atoms with Gasteiger partial charge in [0.05, 0.1) is 0 Å². The van der Waals surface area contributed by atoms with Crippen LogP contribution in [0.4, 0.5) is 0 Å². The van der Waals surface area contributed by atoms with Crippen molar-refractivity contribution in [2.24, 2.45) is 17.1 Å². The molecule has 0 bridgehead atoms. The van der Waals surface area contributed by atoms with Gasteiger partial charge < -0.3 is 5.73 Å². The van der Waals surface area contributed by atoms with Gasteiger partial charge in [0.2, 0.25) is 0 Å². The van der Waals surface area contributed by atoms with Gasteiger partial charge in [-0.05, 0) is 36.8 Å². The van der Waals surface area contributed by atoms with E-state index in [0.717, 1.165) is 5.92 Å². The second-order valence-electron chi connectivity index (χ2n) is 6.44. The Morgan fingerprint density at radius 2 is 1.33 bits per heavy atom. The van der Waals surface area contributed by atoms with Gasteiger partial charge in [0, 0.05) is 5.33 Å². The number of allylic oxidation sites excluding steroid dienone is 1. The highest BCUT2D eigenvalue weighted by Gasteiger charge is 2.02. The van der Waals surface area contributed by atoms with Crippen molar-refractivity contribution < 1.29 is 0 Å². The zero-order valence-corrected chi connectivity index (χ0v) is 15.4. The summed E-state index contributed by atoms with van der Waals surface area (Å²) in [5, 5.41) is 1.19. The van der Waals surface area contributed by atoms with Gasteiger partial charge in [-0.2, -0.15) is 0 Å². The van der Waals surface area contributed by atoms with Crippen LogP contribution in [-0.4, -0.2) is 5.33 Å². The van der Waals surface area contributed by atoms with Crippen molar-refractivity contribution in [3.63, 3.8) is 0 Å². The van der Waals surface area contributed by atoms with Crippen LogP contribution in [-0.2, 0) is 0 Å². The van der Waals surface area contributed by atoms with E-state index < -0.39 is 0 Å². The van der Waals surface area contributed by atoms with Crippen LogP contribution in [0.1, 0.15) is 74.1 Å². The van der Waals surface area contributed by atoms with Gasteiger partial charge in [-0.3, -0.25) is 0 Å². The summed E-state index contributed by atoms with van der Waals surface area (Å²) in [6.07, 6.45) is 5.44. The molecule has 2 heteroatoms. The largest absolute Gasteiger partial charge is 0.403 e. The average Bonchev–Trinajstić information content (AvgIpc) is 2.14. The van der Waals surface area contributed by atoms with E-state index in [-0.39, 0.29) is 0 Å². The molecule has 0 heterocycles. The third-order valence-electron chi connectivity index (χ3n) is 1.61. The average molecular weight is 322 g/mol. The first-order valence-corrected chi connectivity index (χ1v) is 8.17. The SMILES string of the molecule is C=C(C)N.CC(C)(C)C.CCCC(CBr)CCC. The maximum absolute atomic E-state index is 4.92. The molecule has 0 rings (SSSR count). The smallest absolute Gasteiger partial charge is 0.00596 e. The lowest BCUT2D eigenvalue weighted by Gasteiger charge is -2.09. The summed E-state index contributed by atoms with van der Waals surface area (Å²) in [5.74, 6) is 0.931. The number of hydrogen-bond acceptors (Lipinski definition) is 1. The molecule has 0 saturated carbocycles. The summed E-state index contributed by atoms with van der Waals surface area (Å²) in [6.45, 7) is 18.3. The number of halogens is 1. The minimum absolute atomic E-state index is 0.500. The third-order valence-corrected chi connectivity index (χ3v) is 2.53. The van der Waals surface area contributed by atoms with Crippen LogP contribution in [0, 0.1) is 11.3 Å². The number of rotatable bonds is 5. The molecule has 0 aliphatic heterocycles. The molecule has 112 valence electrons. The van der Waals surface area contributed by atoms with E-state index in [1.807, 2.05) is 0 Å². The highest BCUT2D eigenvalue weighted by molar-refractivity contribution is 9.09. The maximum atomic E-state index is 4.92. The molecule has 0 radical (unpaired) electrons. The molecule has 0 unspecified atom stereocenters. The Balaban J connectivity index is -0.000000212. The molecular weight excluding hydrogens is 286 g/mol. The molecule has 0 aromatic rings. The fourth-order valence-corrected chi connectivity index (χ4v) is 1.76. The van der Waals surface area contributed by atoms with Crippen LogP contribution in [0.2, 0.25) is 0 Å². The normalized spacial score (nSPS) is 10.1. The fourth-order valence-electron chi connectivity index (χ4n) is 1.12. The Bertz CT molecular complexity index is 154. The number of hydrogen-bond donors (Lipinski definition) is 1. The lowest BCUT2D eigenvalue weighted by atomic mass is 10.0. The molecule has 1 nitrogen and oxygen atoms in total. The molecule has 0 atom stereocenters. The molecule has 2 N–H and O–H groups in total. The monoisotopic (exact) mass is 321 g/mol. The zero-order valence-electron chi connectivity index (χ0n) is 13.8. The first kappa shape index (κ1) is 23.1. The minimum atomic E-state index is 0.500. The summed E-state index contributed by atoms with van der Waals surface area (Å²) in [6, 6.07) is 0. The second kappa shape index (κ2) is 15.1. The molecule has 0 fully saturated rings. The molecule has 0 aliphatic rings. The summed E-state index contributed by atoms with van der Waals surface area (Å²) in [5.41, 5.74) is 6.08. The second-order valence-corrected chi connectivity index (χ2v) is 7.09. The van der Waals surface area contributed by atoms with Crippen molar-refractivity contribution >= 4 is 15.9 Å². The van der Waals surface area contributed by atoms with Crippen molar-refractivity contribution in [2.75, 3.05) is 5.33 Å². The van der Waals surface area contributed by atoms with Crippen LogP contribution in [0.25, 0.3) is 0 Å². The highest BCUT2D eigenvalue weighted by Crippen LogP contribution is 2.15. The van der Waals surface area contributed by atoms with Crippen LogP contribution in [0.15, 0.2) is 12.3 Å². The third kappa shape index (κ3) is 56.2. The number of alkyl halides is 1. The fraction of sp³-hybridized carbons (Fsp3) is 0.875. The summed E-state index contributed by atoms with van der Waals surface area (Å²) in [4.78, 5) is 0. The summed E-state index contributed by atoms with van der Waals surface area (Å²) >= 11 is 3.52. The lowest BCUT2D eigenvalue weighted by Crippen LogP contribution is -1.99. The first-order chi connectivity index (χ1) is 8.08. The van der Waals surface area contributed by atoms with Gasteiger partial charge in [-0.1, -0.05) is 76.9 Å². The Morgan fingerprint density at radius 3 is 1.44 bits per heavy atom. The Hall–Kier alpha value is 0.0200. The molecule has 0 spiro atoms. The van der Waals surface area contributed by atoms with E-state index in [1.165, 1.54) is 31.0 Å². The van der Waals surface area contributed by atoms with E-state index in [1.54, 1.807) is 6.92 Å². The van der Waals surface area contributed by atoms with E-state index in [4.69, 9.17) is 5.73 Å². The minimum Gasteiger partial charge on any atom is -0.403 e.